The minimum absolute atomic E-state index is 0.0605. The summed E-state index contributed by atoms with van der Waals surface area (Å²) in [5.41, 5.74) is 12.5. The zero-order valence-corrected chi connectivity index (χ0v) is 36.2. The van der Waals surface area contributed by atoms with Gasteiger partial charge >= 0.3 is 0 Å². The summed E-state index contributed by atoms with van der Waals surface area (Å²) in [4.78, 5) is 0. The molecule has 0 aromatic heterocycles. The minimum Gasteiger partial charge on any atom is -0.485 e. The first-order chi connectivity index (χ1) is 32.8. The number of fused-ring (bicyclic) bond motifs is 8. The Labute approximate surface area is 382 Å². The molecule has 2 heteroatoms. The molecular weight excluding hydrogens is 801 g/mol. The first-order valence-electron chi connectivity index (χ1n) is 23.2. The van der Waals surface area contributed by atoms with Crippen LogP contribution in [0.25, 0.3) is 98.0 Å². The van der Waals surface area contributed by atoms with Crippen molar-refractivity contribution in [1.82, 2.24) is 0 Å². The van der Waals surface area contributed by atoms with Gasteiger partial charge in [-0.1, -0.05) is 206 Å². The summed E-state index contributed by atoms with van der Waals surface area (Å²) in [5, 5.41) is 14.9. The normalized spacial score (nSPS) is 15.4. The van der Waals surface area contributed by atoms with Crippen molar-refractivity contribution in [2.45, 2.75) is 25.0 Å². The number of ether oxygens (including phenoxy) is 2. The molecule has 14 rings (SSSR count). The predicted molar refractivity (Wildman–Crippen MR) is 275 cm³/mol. The van der Waals surface area contributed by atoms with Gasteiger partial charge in [-0.15, -0.1) is 0 Å². The summed E-state index contributed by atoms with van der Waals surface area (Å²) >= 11 is 0. The van der Waals surface area contributed by atoms with Gasteiger partial charge in [-0.25, -0.2) is 0 Å². The van der Waals surface area contributed by atoms with Crippen molar-refractivity contribution in [2.75, 3.05) is 0 Å². The molecule has 0 radical (unpaired) electrons. The predicted octanol–water partition coefficient (Wildman–Crippen LogP) is 17.0. The average Bonchev–Trinajstić information content (AvgIpc) is 4.01. The van der Waals surface area contributed by atoms with Gasteiger partial charge in [0.15, 0.2) is 0 Å². The third kappa shape index (κ3) is 5.55. The lowest BCUT2D eigenvalue weighted by atomic mass is 9.82. The monoisotopic (exact) mass is 842 g/mol. The highest BCUT2D eigenvalue weighted by atomic mass is 16.5. The topological polar surface area (TPSA) is 18.5 Å². The number of hydrogen-bond donors (Lipinski definition) is 0. The van der Waals surface area contributed by atoms with Gasteiger partial charge in [0.05, 0.1) is 0 Å². The van der Waals surface area contributed by atoms with Crippen LogP contribution in [0.4, 0.5) is 0 Å². The molecule has 2 heterocycles. The Bertz CT molecular complexity index is 3550. The van der Waals surface area contributed by atoms with E-state index < -0.39 is 0 Å². The summed E-state index contributed by atoms with van der Waals surface area (Å²) in [5.74, 6) is 1.98. The van der Waals surface area contributed by atoms with E-state index in [1.54, 1.807) is 0 Å². The third-order valence-electron chi connectivity index (χ3n) is 14.6. The van der Waals surface area contributed by atoms with Crippen LogP contribution in [0.15, 0.2) is 218 Å². The molecule has 0 amide bonds. The maximum atomic E-state index is 6.74. The molecule has 0 aliphatic carbocycles. The molecule has 2 aliphatic heterocycles. The van der Waals surface area contributed by atoms with Crippen molar-refractivity contribution in [3.8, 4) is 44.9 Å². The number of hydrogen-bond acceptors (Lipinski definition) is 2. The fraction of sp³-hybridized carbons (Fsp3) is 0.0625. The Kier molecular flexibility index (Phi) is 8.27. The molecule has 2 unspecified atom stereocenters. The highest BCUT2D eigenvalue weighted by Crippen LogP contribution is 2.51. The van der Waals surface area contributed by atoms with Crippen LogP contribution in [0.3, 0.4) is 0 Å². The Morgan fingerprint density at radius 2 is 0.500 bits per heavy atom. The fourth-order valence-corrected chi connectivity index (χ4v) is 11.8. The summed E-state index contributed by atoms with van der Waals surface area (Å²) in [6, 6.07) is 80.2. The largest absolute Gasteiger partial charge is 0.485 e. The SMILES string of the molecule is c1ccc2c(c1)CC(c1c3ccccc3c(-c3ccc(-c4ccc(-c5c6ccccc6c(C6Cc7ccccc7O6)c6ccccc56)c5ccccc45)c4ccccc34)c3ccccc13)O2. The Hall–Kier alpha value is -8.20. The Balaban J connectivity index is 0.954. The van der Waals surface area contributed by atoms with E-state index in [2.05, 4.69) is 218 Å². The van der Waals surface area contributed by atoms with Gasteiger partial charge in [0, 0.05) is 24.0 Å². The molecule has 66 heavy (non-hydrogen) atoms. The second-order valence-corrected chi connectivity index (χ2v) is 18.0. The molecule has 0 spiro atoms. The van der Waals surface area contributed by atoms with Crippen molar-refractivity contribution in [1.29, 1.82) is 0 Å². The van der Waals surface area contributed by atoms with Crippen LogP contribution in [-0.2, 0) is 12.8 Å². The van der Waals surface area contributed by atoms with Crippen LogP contribution in [0.2, 0.25) is 0 Å². The first-order valence-corrected chi connectivity index (χ1v) is 23.2. The van der Waals surface area contributed by atoms with Gasteiger partial charge in [-0.3, -0.25) is 0 Å². The van der Waals surface area contributed by atoms with Gasteiger partial charge < -0.3 is 9.47 Å². The summed E-state index contributed by atoms with van der Waals surface area (Å²) in [6.45, 7) is 0. The first kappa shape index (κ1) is 37.2. The maximum Gasteiger partial charge on any atom is 0.129 e. The standard InChI is InChI=1S/C64H42O2/c1-15-31-57-39(17-1)37-59(65-57)63-51-27-11-7-23-47(51)61(48-24-8-12-28-52(48)63)55-35-33-45(41-19-3-5-21-43(41)55)46-34-36-56(44-22-6-4-20-42(44)46)62-49-25-9-13-29-53(49)64(54-30-14-10-26-50(54)62)60-38-40-18-2-16-32-58(40)66-60/h1-36,59-60H,37-38H2. The number of rotatable bonds is 5. The molecule has 0 fully saturated rings. The van der Waals surface area contributed by atoms with Crippen LogP contribution < -0.4 is 9.47 Å². The molecule has 0 saturated heterocycles. The number of para-hydroxylation sites is 2. The minimum atomic E-state index is -0.0605. The van der Waals surface area contributed by atoms with Crippen LogP contribution in [-0.4, -0.2) is 0 Å². The lowest BCUT2D eigenvalue weighted by Gasteiger charge is -2.23. The van der Waals surface area contributed by atoms with E-state index in [1.807, 2.05) is 0 Å². The van der Waals surface area contributed by atoms with E-state index in [0.29, 0.717) is 0 Å². The average molecular weight is 843 g/mol. The zero-order chi connectivity index (χ0) is 43.3. The van der Waals surface area contributed by atoms with Gasteiger partial charge in [-0.05, 0) is 121 Å². The zero-order valence-electron chi connectivity index (χ0n) is 36.2. The molecule has 0 saturated carbocycles. The van der Waals surface area contributed by atoms with Crippen molar-refractivity contribution in [2.24, 2.45) is 0 Å². The van der Waals surface area contributed by atoms with Crippen LogP contribution >= 0.6 is 0 Å². The van der Waals surface area contributed by atoms with Crippen molar-refractivity contribution in [3.05, 3.63) is 241 Å². The lowest BCUT2D eigenvalue weighted by molar-refractivity contribution is 0.242. The molecule has 2 nitrogen and oxygen atoms in total. The highest BCUT2D eigenvalue weighted by Gasteiger charge is 2.31. The van der Waals surface area contributed by atoms with E-state index in [-0.39, 0.29) is 12.2 Å². The summed E-state index contributed by atoms with van der Waals surface area (Å²) < 4.78 is 13.5. The smallest absolute Gasteiger partial charge is 0.129 e. The van der Waals surface area contributed by atoms with E-state index in [9.17, 15) is 0 Å². The highest BCUT2D eigenvalue weighted by molar-refractivity contribution is 6.23. The molecule has 2 aliphatic rings. The van der Waals surface area contributed by atoms with Crippen LogP contribution in [0, 0.1) is 0 Å². The van der Waals surface area contributed by atoms with Crippen molar-refractivity contribution in [3.63, 3.8) is 0 Å². The van der Waals surface area contributed by atoms with Crippen LogP contribution in [0.5, 0.6) is 11.5 Å². The van der Waals surface area contributed by atoms with E-state index in [0.717, 1.165) is 24.3 Å². The van der Waals surface area contributed by atoms with E-state index >= 15 is 0 Å². The van der Waals surface area contributed by atoms with Gasteiger partial charge in [0.2, 0.25) is 0 Å². The molecule has 0 bridgehead atoms. The Morgan fingerprint density at radius 3 is 0.833 bits per heavy atom. The fourth-order valence-electron chi connectivity index (χ4n) is 11.8. The quantitative estimate of drug-likeness (QED) is 0.161. The van der Waals surface area contributed by atoms with Crippen molar-refractivity contribution < 1.29 is 9.47 Å². The molecular formula is C64H42O2. The Morgan fingerprint density at radius 1 is 0.242 bits per heavy atom. The third-order valence-corrected chi connectivity index (χ3v) is 14.6. The molecule has 2 atom stereocenters. The van der Waals surface area contributed by atoms with Gasteiger partial charge in [0.25, 0.3) is 0 Å². The molecule has 12 aromatic rings. The maximum absolute atomic E-state index is 6.74. The van der Waals surface area contributed by atoms with Crippen LogP contribution in [0.1, 0.15) is 34.5 Å². The van der Waals surface area contributed by atoms with Gasteiger partial charge in [-0.2, -0.15) is 0 Å². The summed E-state index contributed by atoms with van der Waals surface area (Å²) in [7, 11) is 0. The molecule has 310 valence electrons. The van der Waals surface area contributed by atoms with Crippen molar-refractivity contribution >= 4 is 64.6 Å². The van der Waals surface area contributed by atoms with E-state index in [1.165, 1.54) is 120 Å². The number of benzene rings is 12. The molecule has 12 aromatic carbocycles. The summed E-state index contributed by atoms with van der Waals surface area (Å²) in [6.07, 6.45) is 1.59. The van der Waals surface area contributed by atoms with E-state index in [4.69, 9.17) is 9.47 Å². The second-order valence-electron chi connectivity index (χ2n) is 18.0. The molecule has 0 N–H and O–H groups in total. The van der Waals surface area contributed by atoms with Gasteiger partial charge in [0.1, 0.15) is 23.7 Å². The second kappa shape index (κ2) is 14.7. The lowest BCUT2D eigenvalue weighted by Crippen LogP contribution is -2.06.